The van der Waals surface area contributed by atoms with E-state index in [0.717, 1.165) is 14.9 Å². The van der Waals surface area contributed by atoms with Crippen molar-refractivity contribution in [1.82, 2.24) is 10.6 Å². The van der Waals surface area contributed by atoms with Gasteiger partial charge in [0.05, 0.1) is 5.75 Å². The standard InChI is InChI=1S/C15H19BrN2O4S/c1-4-17-15(21)18-14(20)10(3)22-13(19)8-23-12-6-5-11(16)7-9(12)2/h5-7,10H,4,8H2,1-3H3,(H2,17,18,20,21)/t10-/m1/s1. The zero-order chi connectivity index (χ0) is 17.4. The number of hydrogen-bond donors (Lipinski definition) is 2. The highest BCUT2D eigenvalue weighted by Crippen LogP contribution is 2.25. The summed E-state index contributed by atoms with van der Waals surface area (Å²) in [6.07, 6.45) is -1.03. The molecule has 1 atom stereocenters. The monoisotopic (exact) mass is 402 g/mol. The lowest BCUT2D eigenvalue weighted by atomic mass is 10.2. The lowest BCUT2D eigenvalue weighted by molar-refractivity contribution is -0.151. The smallest absolute Gasteiger partial charge is 0.321 e. The Labute approximate surface area is 147 Å². The van der Waals surface area contributed by atoms with Crippen molar-refractivity contribution < 1.29 is 19.1 Å². The largest absolute Gasteiger partial charge is 0.452 e. The lowest BCUT2D eigenvalue weighted by Crippen LogP contribution is -2.44. The Morgan fingerprint density at radius 2 is 2.04 bits per heavy atom. The average molecular weight is 403 g/mol. The Balaban J connectivity index is 2.43. The highest BCUT2D eigenvalue weighted by Gasteiger charge is 2.19. The van der Waals surface area contributed by atoms with Crippen molar-refractivity contribution in [2.45, 2.75) is 31.8 Å². The number of amides is 3. The zero-order valence-corrected chi connectivity index (χ0v) is 15.5. The van der Waals surface area contributed by atoms with E-state index in [2.05, 4.69) is 26.6 Å². The average Bonchev–Trinajstić information content (AvgIpc) is 2.46. The first-order valence-electron chi connectivity index (χ1n) is 7.00. The van der Waals surface area contributed by atoms with Crippen molar-refractivity contribution in [1.29, 1.82) is 0 Å². The Morgan fingerprint density at radius 1 is 1.35 bits per heavy atom. The number of halogens is 1. The predicted octanol–water partition coefficient (Wildman–Crippen LogP) is 2.63. The molecule has 0 radical (unpaired) electrons. The maximum Gasteiger partial charge on any atom is 0.321 e. The molecule has 23 heavy (non-hydrogen) atoms. The van der Waals surface area contributed by atoms with Gasteiger partial charge in [-0.05, 0) is 44.5 Å². The summed E-state index contributed by atoms with van der Waals surface area (Å²) in [7, 11) is 0. The van der Waals surface area contributed by atoms with Crippen LogP contribution in [0.15, 0.2) is 27.6 Å². The number of carbonyl (C=O) groups excluding carboxylic acids is 3. The molecule has 0 spiro atoms. The zero-order valence-electron chi connectivity index (χ0n) is 13.1. The van der Waals surface area contributed by atoms with Crippen LogP contribution in [0, 0.1) is 6.92 Å². The molecule has 0 unspecified atom stereocenters. The van der Waals surface area contributed by atoms with Crippen LogP contribution in [0.1, 0.15) is 19.4 Å². The van der Waals surface area contributed by atoms with Crippen LogP contribution >= 0.6 is 27.7 Å². The molecule has 1 aromatic carbocycles. The Bertz CT molecular complexity index is 595. The van der Waals surface area contributed by atoms with Crippen molar-refractivity contribution in [3.05, 3.63) is 28.2 Å². The van der Waals surface area contributed by atoms with Gasteiger partial charge in [-0.2, -0.15) is 0 Å². The molecule has 3 amide bonds. The summed E-state index contributed by atoms with van der Waals surface area (Å²) in [6, 6.07) is 5.14. The third-order valence-corrected chi connectivity index (χ3v) is 4.38. The maximum absolute atomic E-state index is 11.8. The van der Waals surface area contributed by atoms with E-state index in [9.17, 15) is 14.4 Å². The van der Waals surface area contributed by atoms with E-state index >= 15 is 0 Å². The van der Waals surface area contributed by atoms with Crippen molar-refractivity contribution in [3.8, 4) is 0 Å². The van der Waals surface area contributed by atoms with Gasteiger partial charge in [0, 0.05) is 15.9 Å². The number of thioether (sulfide) groups is 1. The second kappa shape index (κ2) is 9.57. The van der Waals surface area contributed by atoms with Gasteiger partial charge in [-0.1, -0.05) is 15.9 Å². The Hall–Kier alpha value is -1.54. The van der Waals surface area contributed by atoms with Gasteiger partial charge in [-0.25, -0.2) is 4.79 Å². The van der Waals surface area contributed by atoms with Crippen molar-refractivity contribution in [2.24, 2.45) is 0 Å². The molecule has 0 saturated carbocycles. The van der Waals surface area contributed by atoms with Crippen LogP contribution in [0.5, 0.6) is 0 Å². The van der Waals surface area contributed by atoms with Crippen LogP contribution in [-0.4, -0.2) is 36.3 Å². The van der Waals surface area contributed by atoms with Gasteiger partial charge < -0.3 is 10.1 Å². The number of esters is 1. The molecule has 0 fully saturated rings. The van der Waals surface area contributed by atoms with E-state index in [4.69, 9.17) is 4.74 Å². The van der Waals surface area contributed by atoms with Crippen LogP contribution in [0.3, 0.4) is 0 Å². The van der Waals surface area contributed by atoms with Gasteiger partial charge in [0.15, 0.2) is 6.10 Å². The van der Waals surface area contributed by atoms with Crippen molar-refractivity contribution in [2.75, 3.05) is 12.3 Å². The van der Waals surface area contributed by atoms with Crippen LogP contribution < -0.4 is 10.6 Å². The lowest BCUT2D eigenvalue weighted by Gasteiger charge is -2.13. The molecule has 1 aromatic rings. The number of rotatable bonds is 6. The number of nitrogens with one attached hydrogen (secondary N) is 2. The van der Waals surface area contributed by atoms with Gasteiger partial charge in [-0.3, -0.25) is 14.9 Å². The summed E-state index contributed by atoms with van der Waals surface area (Å²) < 4.78 is 5.99. The SMILES string of the molecule is CCNC(=O)NC(=O)[C@@H](C)OC(=O)CSc1ccc(Br)cc1C. The third kappa shape index (κ3) is 7.04. The highest BCUT2D eigenvalue weighted by atomic mass is 79.9. The Kier molecular flexibility index (Phi) is 8.11. The van der Waals surface area contributed by atoms with Crippen LogP contribution in [0.4, 0.5) is 4.79 Å². The number of urea groups is 1. The second-order valence-corrected chi connectivity index (χ2v) is 6.61. The fourth-order valence-corrected chi connectivity index (χ4v) is 2.88. The minimum Gasteiger partial charge on any atom is -0.452 e. The van der Waals surface area contributed by atoms with Gasteiger partial charge in [-0.15, -0.1) is 11.8 Å². The van der Waals surface area contributed by atoms with Gasteiger partial charge >= 0.3 is 12.0 Å². The molecule has 126 valence electrons. The molecule has 0 aromatic heterocycles. The number of aryl methyl sites for hydroxylation is 1. The fraction of sp³-hybridized carbons (Fsp3) is 0.400. The molecule has 0 heterocycles. The Morgan fingerprint density at radius 3 is 2.65 bits per heavy atom. The summed E-state index contributed by atoms with van der Waals surface area (Å²) in [5.41, 5.74) is 1.04. The minimum absolute atomic E-state index is 0.0846. The first-order chi connectivity index (χ1) is 10.8. The van der Waals surface area contributed by atoms with E-state index in [1.807, 2.05) is 25.1 Å². The summed E-state index contributed by atoms with van der Waals surface area (Å²) >= 11 is 4.71. The molecule has 0 bridgehead atoms. The molecule has 2 N–H and O–H groups in total. The first kappa shape index (κ1) is 19.5. The molecular formula is C15H19BrN2O4S. The van der Waals surface area contributed by atoms with Gasteiger partial charge in [0.25, 0.3) is 5.91 Å². The van der Waals surface area contributed by atoms with Crippen molar-refractivity contribution >= 4 is 45.6 Å². The van der Waals surface area contributed by atoms with E-state index in [1.165, 1.54) is 18.7 Å². The minimum atomic E-state index is -1.03. The number of hydrogen-bond acceptors (Lipinski definition) is 5. The molecule has 1 rings (SSSR count). The van der Waals surface area contributed by atoms with E-state index in [-0.39, 0.29) is 5.75 Å². The second-order valence-electron chi connectivity index (χ2n) is 4.68. The van der Waals surface area contributed by atoms with Crippen LogP contribution in [0.2, 0.25) is 0 Å². The molecule has 0 aliphatic carbocycles. The molecule has 0 aliphatic rings. The third-order valence-electron chi connectivity index (χ3n) is 2.73. The maximum atomic E-state index is 11.8. The number of ether oxygens (including phenoxy) is 1. The van der Waals surface area contributed by atoms with Crippen molar-refractivity contribution in [3.63, 3.8) is 0 Å². The molecule has 0 saturated heterocycles. The predicted molar refractivity (Wildman–Crippen MR) is 92.4 cm³/mol. The normalized spacial score (nSPS) is 11.5. The molecule has 6 nitrogen and oxygen atoms in total. The van der Waals surface area contributed by atoms with Crippen LogP contribution in [-0.2, 0) is 14.3 Å². The summed E-state index contributed by atoms with van der Waals surface area (Å²) in [6.45, 7) is 5.49. The number of carbonyl (C=O) groups is 3. The topological polar surface area (TPSA) is 84.5 Å². The van der Waals surface area contributed by atoms with E-state index in [0.29, 0.717) is 6.54 Å². The summed E-state index contributed by atoms with van der Waals surface area (Å²) in [5, 5.41) is 4.52. The van der Waals surface area contributed by atoms with Gasteiger partial charge in [0.1, 0.15) is 0 Å². The first-order valence-corrected chi connectivity index (χ1v) is 8.78. The van der Waals surface area contributed by atoms with Crippen LogP contribution in [0.25, 0.3) is 0 Å². The quantitative estimate of drug-likeness (QED) is 0.564. The van der Waals surface area contributed by atoms with E-state index < -0.39 is 24.0 Å². The summed E-state index contributed by atoms with van der Waals surface area (Å²) in [4.78, 5) is 35.6. The highest BCUT2D eigenvalue weighted by molar-refractivity contribution is 9.10. The summed E-state index contributed by atoms with van der Waals surface area (Å²) in [5.74, 6) is -1.09. The number of imide groups is 1. The number of benzene rings is 1. The van der Waals surface area contributed by atoms with Gasteiger partial charge in [0.2, 0.25) is 0 Å². The molecule has 8 heteroatoms. The molecular weight excluding hydrogens is 384 g/mol. The molecule has 0 aliphatic heterocycles. The fourth-order valence-electron chi connectivity index (χ4n) is 1.61. The van der Waals surface area contributed by atoms with E-state index in [1.54, 1.807) is 6.92 Å².